The van der Waals surface area contributed by atoms with Gasteiger partial charge in [0.25, 0.3) is 0 Å². The molecule has 5 nitrogen and oxygen atoms in total. The van der Waals surface area contributed by atoms with E-state index in [2.05, 4.69) is 228 Å². The maximum Gasteiger partial charge on any atom is 0.143 e. The van der Waals surface area contributed by atoms with Gasteiger partial charge in [0.1, 0.15) is 11.2 Å². The summed E-state index contributed by atoms with van der Waals surface area (Å²) in [7, 11) is 0. The van der Waals surface area contributed by atoms with E-state index in [0.29, 0.717) is 11.1 Å². The Morgan fingerprint density at radius 1 is 0.333 bits per heavy atom. The average molecular weight is 993 g/mol. The fourth-order valence-electron chi connectivity index (χ4n) is 12.7. The Morgan fingerprint density at radius 3 is 1.32 bits per heavy atom. The van der Waals surface area contributed by atoms with Crippen LogP contribution in [0.2, 0.25) is 0 Å². The van der Waals surface area contributed by atoms with Gasteiger partial charge in [-0.05, 0) is 187 Å². The van der Waals surface area contributed by atoms with Gasteiger partial charge < -0.3 is 14.2 Å². The molecule has 0 amide bonds. The van der Waals surface area contributed by atoms with Gasteiger partial charge in [0.15, 0.2) is 0 Å². The van der Waals surface area contributed by atoms with Gasteiger partial charge in [0.05, 0.1) is 28.7 Å². The number of anilines is 6. The predicted octanol–water partition coefficient (Wildman–Crippen LogP) is 19.1. The van der Waals surface area contributed by atoms with Crippen LogP contribution in [0.1, 0.15) is 33.4 Å². The molecule has 0 fully saturated rings. The molecule has 12 aromatic carbocycles. The van der Waals surface area contributed by atoms with Crippen LogP contribution in [0.25, 0.3) is 77.2 Å². The van der Waals surface area contributed by atoms with Crippen molar-refractivity contribution >= 4 is 66.8 Å². The van der Waals surface area contributed by atoms with E-state index in [0.717, 1.165) is 83.9 Å². The molecule has 1 aromatic heterocycles. The second-order valence-corrected chi connectivity index (χ2v) is 20.2. The number of rotatable bonds is 8. The van der Waals surface area contributed by atoms with E-state index in [1.165, 1.54) is 49.7 Å². The number of para-hydroxylation sites is 3. The molecule has 2 aliphatic rings. The molecule has 0 saturated carbocycles. The molecule has 2 aliphatic carbocycles. The lowest BCUT2D eigenvalue weighted by atomic mass is 9.61. The predicted molar refractivity (Wildman–Crippen MR) is 317 cm³/mol. The number of hydrogen-bond donors (Lipinski definition) is 0. The molecule has 0 N–H and O–H groups in total. The molecule has 78 heavy (non-hydrogen) atoms. The Balaban J connectivity index is 0.927. The lowest BCUT2D eigenvalue weighted by molar-refractivity contribution is 0.667. The van der Waals surface area contributed by atoms with E-state index in [1.807, 2.05) is 60.7 Å². The number of benzene rings is 12. The largest absolute Gasteiger partial charge is 0.455 e. The van der Waals surface area contributed by atoms with Gasteiger partial charge in [0.2, 0.25) is 0 Å². The third kappa shape index (κ3) is 6.79. The Bertz CT molecular complexity index is 4410. The topological polar surface area (TPSA) is 67.2 Å². The van der Waals surface area contributed by atoms with Crippen molar-refractivity contribution in [3.8, 4) is 56.6 Å². The third-order valence-corrected chi connectivity index (χ3v) is 16.1. The molecule has 5 heteroatoms. The number of hydrogen-bond acceptors (Lipinski definition) is 5. The quantitative estimate of drug-likeness (QED) is 0.152. The number of nitriles is 2. The van der Waals surface area contributed by atoms with Crippen molar-refractivity contribution in [3.05, 3.63) is 300 Å². The molecular weight excluding hydrogens is 949 g/mol. The van der Waals surface area contributed by atoms with E-state index in [-0.39, 0.29) is 0 Å². The van der Waals surface area contributed by atoms with Crippen LogP contribution in [-0.4, -0.2) is 0 Å². The van der Waals surface area contributed by atoms with Crippen LogP contribution in [0.15, 0.2) is 271 Å². The molecular formula is C73H44N4O. The first-order chi connectivity index (χ1) is 38.6. The molecule has 13 aromatic rings. The molecule has 1 spiro atoms. The van der Waals surface area contributed by atoms with Crippen molar-refractivity contribution in [1.29, 1.82) is 10.5 Å². The van der Waals surface area contributed by atoms with E-state index < -0.39 is 5.41 Å². The minimum atomic E-state index is -0.744. The normalized spacial score (nSPS) is 12.4. The molecule has 362 valence electrons. The summed E-state index contributed by atoms with van der Waals surface area (Å²) in [6.45, 7) is 0. The SMILES string of the molecule is N#Cc1ccc(N(c2ccccc2)c2ccc(-c3ccc4c(c3)C3(c5cc(-c6ccc(N(c7ccccc7)c7ccc(C#N)cc7)cc6)ccc5-4)c4ccc5c(oc6ccccc65)c4-c4cccc5cccc3c45)cc2)cc1. The van der Waals surface area contributed by atoms with Gasteiger partial charge in [0, 0.05) is 50.5 Å². The smallest absolute Gasteiger partial charge is 0.143 e. The number of furan rings is 1. The summed E-state index contributed by atoms with van der Waals surface area (Å²) < 4.78 is 7.04. The van der Waals surface area contributed by atoms with Gasteiger partial charge in [-0.25, -0.2) is 0 Å². The second kappa shape index (κ2) is 17.7. The number of nitrogens with zero attached hydrogens (tertiary/aromatic N) is 4. The van der Waals surface area contributed by atoms with E-state index in [1.54, 1.807) is 0 Å². The van der Waals surface area contributed by atoms with Crippen molar-refractivity contribution in [2.24, 2.45) is 0 Å². The minimum absolute atomic E-state index is 0.624. The van der Waals surface area contributed by atoms with Crippen LogP contribution in [0.5, 0.6) is 0 Å². The highest BCUT2D eigenvalue weighted by Gasteiger charge is 2.51. The van der Waals surface area contributed by atoms with Crippen LogP contribution >= 0.6 is 0 Å². The Labute approximate surface area is 451 Å². The lowest BCUT2D eigenvalue weighted by Gasteiger charge is -2.40. The van der Waals surface area contributed by atoms with Gasteiger partial charge in [-0.2, -0.15) is 10.5 Å². The third-order valence-electron chi connectivity index (χ3n) is 16.1. The molecule has 0 atom stereocenters. The summed E-state index contributed by atoms with van der Waals surface area (Å²) in [6, 6.07) is 99.3. The van der Waals surface area contributed by atoms with Crippen LogP contribution < -0.4 is 9.80 Å². The molecule has 0 bridgehead atoms. The van der Waals surface area contributed by atoms with Crippen molar-refractivity contribution in [1.82, 2.24) is 0 Å². The van der Waals surface area contributed by atoms with Crippen molar-refractivity contribution in [3.63, 3.8) is 0 Å². The fraction of sp³-hybridized carbons (Fsp3) is 0.0137. The highest BCUT2D eigenvalue weighted by atomic mass is 16.3. The summed E-state index contributed by atoms with van der Waals surface area (Å²) in [5.74, 6) is 0. The zero-order valence-corrected chi connectivity index (χ0v) is 42.1. The van der Waals surface area contributed by atoms with Crippen LogP contribution in [0.4, 0.5) is 34.1 Å². The van der Waals surface area contributed by atoms with E-state index >= 15 is 0 Å². The van der Waals surface area contributed by atoms with E-state index in [4.69, 9.17) is 4.42 Å². The first-order valence-electron chi connectivity index (χ1n) is 26.3. The molecule has 1 heterocycles. The minimum Gasteiger partial charge on any atom is -0.455 e. The van der Waals surface area contributed by atoms with Crippen LogP contribution in [0, 0.1) is 22.7 Å². The Kier molecular flexibility index (Phi) is 10.2. The maximum absolute atomic E-state index is 9.61. The highest BCUT2D eigenvalue weighted by molar-refractivity contribution is 6.17. The maximum atomic E-state index is 9.61. The standard InChI is InChI=1S/C73H44N4O/c74-45-47-21-31-56(32-22-47)76(54-13-3-1-4-14-54)58-35-25-49(26-36-58)52-29-39-60-61-40-30-53(50-27-37-59(38-28-50)77(55-15-5-2-6-16-55)57-33-23-48(46-75)24-34-57)44-68(61)73(67(60)43-52)65-19-10-12-51-11-9-18-64(70(51)65)71-66(73)42-41-63-62-17-7-8-20-69(62)78-72(63)71/h1-44H. The Hall–Kier alpha value is -10.7. The molecule has 0 saturated heterocycles. The first kappa shape index (κ1) is 44.7. The summed E-state index contributed by atoms with van der Waals surface area (Å²) in [5.41, 5.74) is 22.4. The average Bonchev–Trinajstić information content (AvgIpc) is 2.48. The highest BCUT2D eigenvalue weighted by Crippen LogP contribution is 2.64. The fourth-order valence-corrected chi connectivity index (χ4v) is 12.7. The lowest BCUT2D eigenvalue weighted by Crippen LogP contribution is -2.32. The monoisotopic (exact) mass is 992 g/mol. The summed E-state index contributed by atoms with van der Waals surface area (Å²) in [4.78, 5) is 4.46. The summed E-state index contributed by atoms with van der Waals surface area (Å²) >= 11 is 0. The van der Waals surface area contributed by atoms with Gasteiger partial charge in [-0.15, -0.1) is 0 Å². The molecule has 0 aliphatic heterocycles. The molecule has 0 radical (unpaired) electrons. The zero-order valence-electron chi connectivity index (χ0n) is 42.1. The van der Waals surface area contributed by atoms with Crippen molar-refractivity contribution < 1.29 is 4.42 Å². The van der Waals surface area contributed by atoms with Crippen LogP contribution in [-0.2, 0) is 5.41 Å². The molecule has 0 unspecified atom stereocenters. The second-order valence-electron chi connectivity index (χ2n) is 20.2. The van der Waals surface area contributed by atoms with Gasteiger partial charge in [-0.3, -0.25) is 0 Å². The van der Waals surface area contributed by atoms with Crippen molar-refractivity contribution in [2.45, 2.75) is 5.41 Å². The van der Waals surface area contributed by atoms with Gasteiger partial charge in [-0.1, -0.05) is 152 Å². The van der Waals surface area contributed by atoms with E-state index in [9.17, 15) is 10.5 Å². The van der Waals surface area contributed by atoms with Crippen molar-refractivity contribution in [2.75, 3.05) is 9.80 Å². The van der Waals surface area contributed by atoms with Gasteiger partial charge >= 0.3 is 0 Å². The summed E-state index contributed by atoms with van der Waals surface area (Å²) in [6.07, 6.45) is 0. The first-order valence-corrected chi connectivity index (χ1v) is 26.3. The Morgan fingerprint density at radius 2 is 0.795 bits per heavy atom. The summed E-state index contributed by atoms with van der Waals surface area (Å²) in [5, 5.41) is 23.8. The van der Waals surface area contributed by atoms with Crippen LogP contribution in [0.3, 0.4) is 0 Å². The number of fused-ring (bicyclic) bond motifs is 13. The molecule has 15 rings (SSSR count). The zero-order chi connectivity index (χ0) is 51.9.